The number of rotatable bonds is 4. The first-order valence-corrected chi connectivity index (χ1v) is 5.01. The summed E-state index contributed by atoms with van der Waals surface area (Å²) in [6.07, 6.45) is 1.57. The molecule has 0 spiro atoms. The molecule has 1 aromatic rings. The molecule has 2 N–H and O–H groups in total. The van der Waals surface area contributed by atoms with Crippen molar-refractivity contribution in [2.75, 3.05) is 13.7 Å². The van der Waals surface area contributed by atoms with Crippen LogP contribution in [0.1, 0.15) is 16.1 Å². The zero-order valence-corrected chi connectivity index (χ0v) is 9.64. The van der Waals surface area contributed by atoms with E-state index in [0.717, 1.165) is 0 Å². The number of esters is 1. The molecule has 1 unspecified atom stereocenters. The van der Waals surface area contributed by atoms with Crippen molar-refractivity contribution in [1.29, 1.82) is 0 Å². The molecule has 1 aromatic heterocycles. The molecule has 1 rings (SSSR count). The first kappa shape index (κ1) is 13.1. The van der Waals surface area contributed by atoms with E-state index in [1.165, 1.54) is 7.11 Å². The van der Waals surface area contributed by atoms with E-state index >= 15 is 0 Å². The van der Waals surface area contributed by atoms with E-state index in [0.29, 0.717) is 11.3 Å². The molecule has 6 nitrogen and oxygen atoms in total. The van der Waals surface area contributed by atoms with Crippen molar-refractivity contribution in [1.82, 2.24) is 10.3 Å². The smallest absolute Gasteiger partial charge is 0.330 e. The van der Waals surface area contributed by atoms with E-state index in [1.54, 1.807) is 25.3 Å². The fourth-order valence-electron chi connectivity index (χ4n) is 1.28. The van der Waals surface area contributed by atoms with Crippen LogP contribution in [0.15, 0.2) is 18.3 Å². The molecule has 0 aliphatic heterocycles. The Bertz CT molecular complexity index is 420. The Morgan fingerprint density at radius 1 is 1.59 bits per heavy atom. The molecule has 92 valence electrons. The van der Waals surface area contributed by atoms with Gasteiger partial charge in [-0.1, -0.05) is 0 Å². The van der Waals surface area contributed by atoms with Crippen molar-refractivity contribution >= 4 is 11.9 Å². The molecule has 0 radical (unpaired) electrons. The Labute approximate surface area is 98.6 Å². The van der Waals surface area contributed by atoms with E-state index in [2.05, 4.69) is 15.0 Å². The van der Waals surface area contributed by atoms with E-state index < -0.39 is 24.5 Å². The highest BCUT2D eigenvalue weighted by Gasteiger charge is 2.21. The van der Waals surface area contributed by atoms with Gasteiger partial charge in [0.1, 0.15) is 0 Å². The second kappa shape index (κ2) is 5.95. The maximum Gasteiger partial charge on any atom is 0.330 e. The van der Waals surface area contributed by atoms with Gasteiger partial charge < -0.3 is 15.2 Å². The van der Waals surface area contributed by atoms with Crippen LogP contribution in [0.25, 0.3) is 0 Å². The number of nitrogens with one attached hydrogen (secondary N) is 1. The van der Waals surface area contributed by atoms with Crippen molar-refractivity contribution in [3.8, 4) is 0 Å². The van der Waals surface area contributed by atoms with E-state index in [4.69, 9.17) is 5.11 Å². The quantitative estimate of drug-likeness (QED) is 0.700. The molecule has 1 amide bonds. The highest BCUT2D eigenvalue weighted by atomic mass is 16.5. The molecule has 17 heavy (non-hydrogen) atoms. The number of carbonyl (C=O) groups is 2. The second-order valence-electron chi connectivity index (χ2n) is 3.37. The van der Waals surface area contributed by atoms with E-state index in [9.17, 15) is 9.59 Å². The molecular weight excluding hydrogens is 224 g/mol. The Kier molecular flexibility index (Phi) is 4.59. The molecule has 1 heterocycles. The first-order valence-electron chi connectivity index (χ1n) is 5.01. The van der Waals surface area contributed by atoms with Crippen LogP contribution in [0.2, 0.25) is 0 Å². The average molecular weight is 238 g/mol. The van der Waals surface area contributed by atoms with Gasteiger partial charge in [0.15, 0.2) is 6.04 Å². The van der Waals surface area contributed by atoms with E-state index in [-0.39, 0.29) is 0 Å². The second-order valence-corrected chi connectivity index (χ2v) is 3.37. The Morgan fingerprint density at radius 2 is 2.29 bits per heavy atom. The minimum atomic E-state index is -1.06. The average Bonchev–Trinajstić information content (AvgIpc) is 2.35. The van der Waals surface area contributed by atoms with Crippen LogP contribution in [0.4, 0.5) is 0 Å². The zero-order valence-electron chi connectivity index (χ0n) is 9.64. The van der Waals surface area contributed by atoms with Crippen molar-refractivity contribution in [2.45, 2.75) is 13.0 Å². The molecular formula is C11H14N2O4. The van der Waals surface area contributed by atoms with Gasteiger partial charge in [-0.3, -0.25) is 9.78 Å². The van der Waals surface area contributed by atoms with Crippen molar-refractivity contribution < 1.29 is 19.4 Å². The fourth-order valence-corrected chi connectivity index (χ4v) is 1.28. The number of aliphatic hydroxyl groups excluding tert-OH is 1. The highest BCUT2D eigenvalue weighted by molar-refractivity contribution is 5.97. The predicted molar refractivity (Wildman–Crippen MR) is 59.3 cm³/mol. The summed E-state index contributed by atoms with van der Waals surface area (Å²) < 4.78 is 4.44. The molecule has 0 saturated heterocycles. The number of amides is 1. The van der Waals surface area contributed by atoms with Gasteiger partial charge in [-0.15, -0.1) is 0 Å². The number of hydrogen-bond acceptors (Lipinski definition) is 5. The topological polar surface area (TPSA) is 88.5 Å². The maximum absolute atomic E-state index is 11.8. The van der Waals surface area contributed by atoms with Gasteiger partial charge in [0.05, 0.1) is 19.3 Å². The number of methoxy groups -OCH3 is 1. The lowest BCUT2D eigenvalue weighted by molar-refractivity contribution is -0.143. The molecule has 0 bridgehead atoms. The number of pyridine rings is 1. The van der Waals surface area contributed by atoms with E-state index in [1.807, 2.05) is 0 Å². The fraction of sp³-hybridized carbons (Fsp3) is 0.364. The predicted octanol–water partition coefficient (Wildman–Crippen LogP) is -0.346. The van der Waals surface area contributed by atoms with Gasteiger partial charge in [0, 0.05) is 11.9 Å². The zero-order chi connectivity index (χ0) is 12.8. The lowest BCUT2D eigenvalue weighted by Crippen LogP contribution is -2.44. The first-order chi connectivity index (χ1) is 8.10. The molecule has 0 aromatic carbocycles. The van der Waals surface area contributed by atoms with Crippen molar-refractivity contribution in [3.05, 3.63) is 29.6 Å². The van der Waals surface area contributed by atoms with Gasteiger partial charge in [-0.2, -0.15) is 0 Å². The number of aliphatic hydroxyl groups is 1. The number of hydrogen-bond donors (Lipinski definition) is 2. The lowest BCUT2D eigenvalue weighted by Gasteiger charge is -2.14. The van der Waals surface area contributed by atoms with Gasteiger partial charge >= 0.3 is 5.97 Å². The van der Waals surface area contributed by atoms with Crippen LogP contribution < -0.4 is 5.32 Å². The summed E-state index contributed by atoms with van der Waals surface area (Å²) in [6.45, 7) is 1.17. The number of aryl methyl sites for hydroxylation is 1. The summed E-state index contributed by atoms with van der Waals surface area (Å²) in [4.78, 5) is 26.9. The van der Waals surface area contributed by atoms with Gasteiger partial charge in [0.2, 0.25) is 0 Å². The summed E-state index contributed by atoms with van der Waals surface area (Å²) in [7, 11) is 1.19. The molecule has 6 heteroatoms. The van der Waals surface area contributed by atoms with Crippen LogP contribution >= 0.6 is 0 Å². The molecule has 1 atom stereocenters. The standard InChI is InChI=1S/C11H14N2O4/c1-7-8(4-3-5-12-7)10(15)13-9(6-14)11(16)17-2/h3-5,9,14H,6H2,1-2H3,(H,13,15). The van der Waals surface area contributed by atoms with Gasteiger partial charge in [-0.25, -0.2) is 4.79 Å². The summed E-state index contributed by atoms with van der Waals surface area (Å²) >= 11 is 0. The molecule has 0 fully saturated rings. The van der Waals surface area contributed by atoms with Crippen LogP contribution in [0, 0.1) is 6.92 Å². The minimum Gasteiger partial charge on any atom is -0.467 e. The third-order valence-electron chi connectivity index (χ3n) is 2.23. The monoisotopic (exact) mass is 238 g/mol. The van der Waals surface area contributed by atoms with Crippen LogP contribution in [0.3, 0.4) is 0 Å². The SMILES string of the molecule is COC(=O)C(CO)NC(=O)c1cccnc1C. The molecule has 0 saturated carbocycles. The minimum absolute atomic E-state index is 0.356. The highest BCUT2D eigenvalue weighted by Crippen LogP contribution is 2.03. The van der Waals surface area contributed by atoms with Crippen molar-refractivity contribution in [3.63, 3.8) is 0 Å². The Hall–Kier alpha value is -1.95. The third-order valence-corrected chi connectivity index (χ3v) is 2.23. The Balaban J connectivity index is 2.78. The van der Waals surface area contributed by atoms with Crippen molar-refractivity contribution in [2.24, 2.45) is 0 Å². The molecule has 0 aliphatic rings. The number of ether oxygens (including phenoxy) is 1. The summed E-state index contributed by atoms with van der Waals surface area (Å²) in [6, 6.07) is 2.14. The normalized spacial score (nSPS) is 11.7. The largest absolute Gasteiger partial charge is 0.467 e. The van der Waals surface area contributed by atoms with Crippen LogP contribution in [0.5, 0.6) is 0 Å². The summed E-state index contributed by atoms with van der Waals surface area (Å²) in [5.41, 5.74) is 0.904. The third kappa shape index (κ3) is 3.25. The lowest BCUT2D eigenvalue weighted by atomic mass is 10.2. The van der Waals surface area contributed by atoms with Crippen LogP contribution in [-0.4, -0.2) is 41.7 Å². The Morgan fingerprint density at radius 3 is 2.82 bits per heavy atom. The molecule has 0 aliphatic carbocycles. The number of carbonyl (C=O) groups excluding carboxylic acids is 2. The maximum atomic E-state index is 11.8. The van der Waals surface area contributed by atoms with Gasteiger partial charge in [-0.05, 0) is 19.1 Å². The number of aromatic nitrogens is 1. The summed E-state index contributed by atoms with van der Waals surface area (Å²) in [5, 5.41) is 11.3. The van der Waals surface area contributed by atoms with Gasteiger partial charge in [0.25, 0.3) is 5.91 Å². The number of nitrogens with zero attached hydrogens (tertiary/aromatic N) is 1. The summed E-state index contributed by atoms with van der Waals surface area (Å²) in [5.74, 6) is -1.16. The van der Waals surface area contributed by atoms with Crippen LogP contribution in [-0.2, 0) is 9.53 Å².